The molecule has 2 N–H and O–H groups in total. The summed E-state index contributed by atoms with van der Waals surface area (Å²) in [5.41, 5.74) is 1.77. The van der Waals surface area contributed by atoms with Crippen LogP contribution in [0.5, 0.6) is 0 Å². The van der Waals surface area contributed by atoms with Crippen LogP contribution in [0.2, 0.25) is 5.02 Å². The number of aromatic nitrogens is 2. The Balaban J connectivity index is 2.16. The summed E-state index contributed by atoms with van der Waals surface area (Å²) in [6.45, 7) is 2.33. The topological polar surface area (TPSA) is 75.1 Å². The zero-order valence-electron chi connectivity index (χ0n) is 10.2. The normalized spacial score (nSPS) is 10.2. The predicted molar refractivity (Wildman–Crippen MR) is 72.5 cm³/mol. The van der Waals surface area contributed by atoms with E-state index in [2.05, 4.69) is 15.3 Å². The van der Waals surface area contributed by atoms with Crippen molar-refractivity contribution < 1.29 is 9.90 Å². The van der Waals surface area contributed by atoms with Gasteiger partial charge in [0.05, 0.1) is 22.8 Å². The van der Waals surface area contributed by atoms with Gasteiger partial charge in [-0.3, -0.25) is 4.98 Å². The van der Waals surface area contributed by atoms with E-state index < -0.39 is 5.97 Å². The molecule has 2 rings (SSSR count). The second kappa shape index (κ2) is 5.67. The zero-order valence-corrected chi connectivity index (χ0v) is 11.0. The van der Waals surface area contributed by atoms with Gasteiger partial charge in [0.25, 0.3) is 0 Å². The highest BCUT2D eigenvalue weighted by molar-refractivity contribution is 6.35. The van der Waals surface area contributed by atoms with Crippen LogP contribution < -0.4 is 5.32 Å². The van der Waals surface area contributed by atoms with E-state index in [4.69, 9.17) is 16.7 Å². The molecule has 5 nitrogen and oxygen atoms in total. The van der Waals surface area contributed by atoms with Gasteiger partial charge in [-0.2, -0.15) is 0 Å². The smallest absolute Gasteiger partial charge is 0.337 e. The number of aryl methyl sites for hydroxylation is 1. The van der Waals surface area contributed by atoms with Gasteiger partial charge < -0.3 is 10.4 Å². The van der Waals surface area contributed by atoms with Crippen LogP contribution in [-0.2, 0) is 6.54 Å². The number of carboxylic acids is 1. The number of carboxylic acid groups (broad SMARTS) is 1. The molecule has 0 aromatic carbocycles. The molecule has 98 valence electrons. The van der Waals surface area contributed by atoms with E-state index in [1.54, 1.807) is 0 Å². The third-order valence-electron chi connectivity index (χ3n) is 2.50. The molecule has 0 radical (unpaired) electrons. The molecule has 0 aliphatic heterocycles. The number of hydrogen-bond acceptors (Lipinski definition) is 4. The van der Waals surface area contributed by atoms with Crippen LogP contribution in [0.15, 0.2) is 30.5 Å². The lowest BCUT2D eigenvalue weighted by Gasteiger charge is -2.08. The monoisotopic (exact) mass is 277 g/mol. The van der Waals surface area contributed by atoms with Crippen molar-refractivity contribution in [1.29, 1.82) is 0 Å². The van der Waals surface area contributed by atoms with Crippen molar-refractivity contribution in [2.24, 2.45) is 0 Å². The number of carbonyl (C=O) groups is 1. The van der Waals surface area contributed by atoms with Gasteiger partial charge in [-0.1, -0.05) is 17.7 Å². The van der Waals surface area contributed by atoms with Crippen molar-refractivity contribution in [3.63, 3.8) is 0 Å². The number of aromatic carboxylic acids is 1. The zero-order chi connectivity index (χ0) is 13.8. The minimum Gasteiger partial charge on any atom is -0.478 e. The third-order valence-corrected chi connectivity index (χ3v) is 2.89. The lowest BCUT2D eigenvalue weighted by atomic mass is 10.2. The molecule has 0 saturated heterocycles. The molecular weight excluding hydrogens is 266 g/mol. The number of rotatable bonds is 4. The molecule has 0 aliphatic carbocycles. The molecule has 6 heteroatoms. The Morgan fingerprint density at radius 1 is 1.42 bits per heavy atom. The maximum Gasteiger partial charge on any atom is 0.337 e. The Morgan fingerprint density at radius 3 is 2.89 bits per heavy atom. The van der Waals surface area contributed by atoms with Crippen molar-refractivity contribution >= 4 is 23.4 Å². The quantitative estimate of drug-likeness (QED) is 0.899. The van der Waals surface area contributed by atoms with E-state index >= 15 is 0 Å². The second-order valence-electron chi connectivity index (χ2n) is 3.95. The highest BCUT2D eigenvalue weighted by Crippen LogP contribution is 2.23. The highest BCUT2D eigenvalue weighted by Gasteiger charge is 2.12. The summed E-state index contributed by atoms with van der Waals surface area (Å²) in [4.78, 5) is 19.3. The molecule has 0 amide bonds. The molecule has 0 atom stereocenters. The summed E-state index contributed by atoms with van der Waals surface area (Å²) in [5.74, 6) is -0.742. The van der Waals surface area contributed by atoms with Crippen molar-refractivity contribution in [2.45, 2.75) is 13.5 Å². The van der Waals surface area contributed by atoms with Crippen LogP contribution in [-0.4, -0.2) is 21.0 Å². The molecule has 0 unspecified atom stereocenters. The second-order valence-corrected chi connectivity index (χ2v) is 4.33. The number of halogens is 1. The predicted octanol–water partition coefficient (Wildman–Crippen LogP) is 2.75. The summed E-state index contributed by atoms with van der Waals surface area (Å²) in [6.07, 6.45) is 1.40. The highest BCUT2D eigenvalue weighted by atomic mass is 35.5. The largest absolute Gasteiger partial charge is 0.478 e. The Hall–Kier alpha value is -2.14. The van der Waals surface area contributed by atoms with E-state index in [0.717, 1.165) is 11.4 Å². The number of anilines is 1. The fourth-order valence-electron chi connectivity index (χ4n) is 1.60. The first-order valence-electron chi connectivity index (χ1n) is 5.62. The van der Waals surface area contributed by atoms with Gasteiger partial charge in [0.2, 0.25) is 0 Å². The van der Waals surface area contributed by atoms with E-state index in [-0.39, 0.29) is 10.6 Å². The third kappa shape index (κ3) is 3.20. The fraction of sp³-hybridized carbons (Fsp3) is 0.154. The van der Waals surface area contributed by atoms with Crippen molar-refractivity contribution in [1.82, 2.24) is 9.97 Å². The van der Waals surface area contributed by atoms with Gasteiger partial charge in [0.15, 0.2) is 0 Å². The summed E-state index contributed by atoms with van der Waals surface area (Å²) in [7, 11) is 0. The minimum atomic E-state index is -1.08. The summed E-state index contributed by atoms with van der Waals surface area (Å²) in [6, 6.07) is 7.04. The standard InChI is InChI=1S/C13H12ClN3O2/c1-8-3-2-4-9(17-8)7-16-12-11(14)10(13(18)19)5-6-15-12/h2-6H,7H2,1H3,(H,15,16)(H,18,19). The summed E-state index contributed by atoms with van der Waals surface area (Å²) >= 11 is 5.98. The molecule has 2 heterocycles. The molecule has 2 aromatic rings. The Morgan fingerprint density at radius 2 is 2.21 bits per heavy atom. The number of nitrogens with one attached hydrogen (secondary N) is 1. The lowest BCUT2D eigenvalue weighted by molar-refractivity contribution is 0.0697. The van der Waals surface area contributed by atoms with E-state index in [0.29, 0.717) is 12.4 Å². The lowest BCUT2D eigenvalue weighted by Crippen LogP contribution is -2.07. The summed E-state index contributed by atoms with van der Waals surface area (Å²) in [5, 5.41) is 12.0. The van der Waals surface area contributed by atoms with Crippen LogP contribution in [0.3, 0.4) is 0 Å². The number of pyridine rings is 2. The van der Waals surface area contributed by atoms with E-state index in [9.17, 15) is 4.79 Å². The minimum absolute atomic E-state index is 0.0244. The van der Waals surface area contributed by atoms with Crippen LogP contribution in [0.25, 0.3) is 0 Å². The molecule has 19 heavy (non-hydrogen) atoms. The molecule has 0 saturated carbocycles. The fourth-order valence-corrected chi connectivity index (χ4v) is 1.86. The van der Waals surface area contributed by atoms with Gasteiger partial charge in [-0.15, -0.1) is 0 Å². The molecule has 0 bridgehead atoms. The van der Waals surface area contributed by atoms with Crippen LogP contribution >= 0.6 is 11.6 Å². The first kappa shape index (κ1) is 13.3. The average molecular weight is 278 g/mol. The first-order chi connectivity index (χ1) is 9.08. The van der Waals surface area contributed by atoms with Gasteiger partial charge >= 0.3 is 5.97 Å². The van der Waals surface area contributed by atoms with E-state index in [1.807, 2.05) is 25.1 Å². The maximum absolute atomic E-state index is 10.9. The molecule has 2 aromatic heterocycles. The Bertz CT molecular complexity index is 617. The van der Waals surface area contributed by atoms with Crippen LogP contribution in [0.4, 0.5) is 5.82 Å². The van der Waals surface area contributed by atoms with Gasteiger partial charge in [0.1, 0.15) is 5.82 Å². The Labute approximate surface area is 115 Å². The molecule has 0 spiro atoms. The van der Waals surface area contributed by atoms with Crippen LogP contribution in [0.1, 0.15) is 21.7 Å². The maximum atomic E-state index is 10.9. The van der Waals surface area contributed by atoms with Gasteiger partial charge in [-0.25, -0.2) is 9.78 Å². The average Bonchev–Trinajstić information content (AvgIpc) is 2.37. The van der Waals surface area contributed by atoms with E-state index in [1.165, 1.54) is 12.3 Å². The first-order valence-corrected chi connectivity index (χ1v) is 6.00. The summed E-state index contributed by atoms with van der Waals surface area (Å²) < 4.78 is 0. The number of hydrogen-bond donors (Lipinski definition) is 2. The SMILES string of the molecule is Cc1cccc(CNc2nccc(C(=O)O)c2Cl)n1. The molecule has 0 aliphatic rings. The van der Waals surface area contributed by atoms with Crippen LogP contribution in [0, 0.1) is 6.92 Å². The van der Waals surface area contributed by atoms with Crippen molar-refractivity contribution in [3.8, 4) is 0 Å². The van der Waals surface area contributed by atoms with Gasteiger partial charge in [-0.05, 0) is 25.1 Å². The van der Waals surface area contributed by atoms with Gasteiger partial charge in [0, 0.05) is 11.9 Å². The molecular formula is C13H12ClN3O2. The molecule has 0 fully saturated rings. The number of nitrogens with zero attached hydrogens (tertiary/aromatic N) is 2. The van der Waals surface area contributed by atoms with Crippen molar-refractivity contribution in [2.75, 3.05) is 5.32 Å². The van der Waals surface area contributed by atoms with Crippen molar-refractivity contribution in [3.05, 3.63) is 52.4 Å². The Kier molecular flexibility index (Phi) is 3.97.